The van der Waals surface area contributed by atoms with Gasteiger partial charge in [0, 0.05) is 19.2 Å². The van der Waals surface area contributed by atoms with E-state index in [1.165, 1.54) is 18.7 Å². The van der Waals surface area contributed by atoms with Gasteiger partial charge < -0.3 is 5.32 Å². The molecule has 0 saturated carbocycles. The quantitative estimate of drug-likeness (QED) is 0.559. The van der Waals surface area contributed by atoms with Gasteiger partial charge in [-0.05, 0) is 12.0 Å². The molecule has 80 valence electrons. The van der Waals surface area contributed by atoms with Crippen LogP contribution in [0.1, 0.15) is 20.8 Å². The molecule has 0 rings (SSSR count). The fourth-order valence-electron chi connectivity index (χ4n) is 0.698. The molecule has 0 fully saturated rings. The lowest BCUT2D eigenvalue weighted by atomic mass is 10.2. The Kier molecular flexibility index (Phi) is 7.20. The van der Waals surface area contributed by atoms with Crippen LogP contribution in [-0.2, 0) is 9.59 Å². The number of thioether (sulfide) groups is 1. The summed E-state index contributed by atoms with van der Waals surface area (Å²) >= 11 is 1.22. The minimum Gasteiger partial charge on any atom is -0.356 e. The number of nitrogens with one attached hydrogen (secondary N) is 1. The molecule has 0 aromatic rings. The zero-order valence-electron chi connectivity index (χ0n) is 8.87. The summed E-state index contributed by atoms with van der Waals surface area (Å²) < 4.78 is 0. The Balaban J connectivity index is 3.50. The molecule has 3 nitrogen and oxygen atoms in total. The van der Waals surface area contributed by atoms with Gasteiger partial charge in [-0.2, -0.15) is 0 Å². The number of allylic oxidation sites excluding steroid dienone is 1. The van der Waals surface area contributed by atoms with E-state index in [0.717, 1.165) is 0 Å². The van der Waals surface area contributed by atoms with Crippen molar-refractivity contribution < 1.29 is 9.59 Å². The third-order valence-electron chi connectivity index (χ3n) is 1.34. The van der Waals surface area contributed by atoms with Crippen molar-refractivity contribution in [2.45, 2.75) is 20.8 Å². The molecule has 14 heavy (non-hydrogen) atoms. The highest BCUT2D eigenvalue weighted by molar-refractivity contribution is 8.14. The van der Waals surface area contributed by atoms with Crippen molar-refractivity contribution in [2.75, 3.05) is 12.3 Å². The minimum atomic E-state index is -0.0595. The highest BCUT2D eigenvalue weighted by Gasteiger charge is 1.98. The van der Waals surface area contributed by atoms with E-state index in [0.29, 0.717) is 18.2 Å². The first kappa shape index (κ1) is 13.2. The lowest BCUT2D eigenvalue weighted by Crippen LogP contribution is -2.22. The average Bonchev–Trinajstić information content (AvgIpc) is 2.08. The fraction of sp³-hybridized carbons (Fsp3) is 0.600. The molecule has 0 aliphatic carbocycles. The smallest absolute Gasteiger partial charge is 0.216 e. The summed E-state index contributed by atoms with van der Waals surface area (Å²) in [6.07, 6.45) is 3.46. The topological polar surface area (TPSA) is 46.2 Å². The van der Waals surface area contributed by atoms with E-state index in [1.54, 1.807) is 6.08 Å². The number of hydrogen-bond acceptors (Lipinski definition) is 3. The lowest BCUT2D eigenvalue weighted by molar-refractivity contribution is -0.118. The van der Waals surface area contributed by atoms with Gasteiger partial charge in [0.15, 0.2) is 0 Å². The summed E-state index contributed by atoms with van der Waals surface area (Å²) in [4.78, 5) is 21.6. The standard InChI is InChI=1S/C10H17NO2S/c1-8(2)4-5-10(13)14-7-6-11-9(3)12/h4-5,8H,6-7H2,1-3H3,(H,11,12). The van der Waals surface area contributed by atoms with Gasteiger partial charge in [-0.15, -0.1) is 0 Å². The molecule has 0 saturated heterocycles. The molecular formula is C10H17NO2S. The highest BCUT2D eigenvalue weighted by atomic mass is 32.2. The maximum atomic E-state index is 11.2. The molecule has 0 aromatic heterocycles. The Morgan fingerprint density at radius 3 is 2.57 bits per heavy atom. The third kappa shape index (κ3) is 9.32. The molecule has 0 aromatic carbocycles. The Morgan fingerprint density at radius 2 is 2.07 bits per heavy atom. The minimum absolute atomic E-state index is 0.0454. The molecule has 0 atom stereocenters. The Morgan fingerprint density at radius 1 is 1.43 bits per heavy atom. The van der Waals surface area contributed by atoms with Gasteiger partial charge in [-0.25, -0.2) is 0 Å². The number of carbonyl (C=O) groups excluding carboxylic acids is 2. The third-order valence-corrected chi connectivity index (χ3v) is 2.17. The number of hydrogen-bond donors (Lipinski definition) is 1. The molecule has 1 N–H and O–H groups in total. The summed E-state index contributed by atoms with van der Waals surface area (Å²) in [7, 11) is 0. The van der Waals surface area contributed by atoms with Crippen molar-refractivity contribution in [2.24, 2.45) is 5.92 Å². The van der Waals surface area contributed by atoms with Crippen LogP contribution in [0.15, 0.2) is 12.2 Å². The van der Waals surface area contributed by atoms with Gasteiger partial charge in [0.25, 0.3) is 0 Å². The van der Waals surface area contributed by atoms with E-state index in [9.17, 15) is 9.59 Å². The van der Waals surface area contributed by atoms with Crippen molar-refractivity contribution in [3.05, 3.63) is 12.2 Å². The summed E-state index contributed by atoms with van der Waals surface area (Å²) in [5, 5.41) is 2.68. The normalized spacial score (nSPS) is 10.9. The van der Waals surface area contributed by atoms with Crippen molar-refractivity contribution in [1.29, 1.82) is 0 Å². The molecule has 0 unspecified atom stereocenters. The molecule has 4 heteroatoms. The van der Waals surface area contributed by atoms with Crippen molar-refractivity contribution in [1.82, 2.24) is 5.32 Å². The van der Waals surface area contributed by atoms with E-state index in [-0.39, 0.29) is 11.0 Å². The van der Waals surface area contributed by atoms with E-state index in [2.05, 4.69) is 5.32 Å². The second-order valence-electron chi connectivity index (χ2n) is 3.25. The molecule has 0 aliphatic heterocycles. The molecule has 0 heterocycles. The van der Waals surface area contributed by atoms with Crippen LogP contribution in [0.25, 0.3) is 0 Å². The predicted molar refractivity (Wildman–Crippen MR) is 60.1 cm³/mol. The van der Waals surface area contributed by atoms with Gasteiger partial charge in [0.05, 0.1) is 0 Å². The van der Waals surface area contributed by atoms with Crippen LogP contribution >= 0.6 is 11.8 Å². The Bertz CT molecular complexity index is 224. The molecule has 1 amide bonds. The molecule has 0 spiro atoms. The van der Waals surface area contributed by atoms with Crippen LogP contribution in [0.5, 0.6) is 0 Å². The first-order valence-electron chi connectivity index (χ1n) is 4.61. The van der Waals surface area contributed by atoms with Crippen LogP contribution in [0.4, 0.5) is 0 Å². The van der Waals surface area contributed by atoms with Crippen molar-refractivity contribution >= 4 is 22.8 Å². The van der Waals surface area contributed by atoms with Crippen LogP contribution < -0.4 is 5.32 Å². The second-order valence-corrected chi connectivity index (χ2v) is 4.35. The SMILES string of the molecule is CC(=O)NCCSC(=O)C=CC(C)C. The summed E-state index contributed by atoms with van der Waals surface area (Å²) in [6, 6.07) is 0. The van der Waals surface area contributed by atoms with Crippen LogP contribution in [0.3, 0.4) is 0 Å². The van der Waals surface area contributed by atoms with Crippen molar-refractivity contribution in [3.63, 3.8) is 0 Å². The fourth-order valence-corrected chi connectivity index (χ4v) is 1.28. The van der Waals surface area contributed by atoms with Gasteiger partial charge >= 0.3 is 0 Å². The largest absolute Gasteiger partial charge is 0.356 e. The summed E-state index contributed by atoms with van der Waals surface area (Å²) in [6.45, 7) is 6.05. The zero-order valence-corrected chi connectivity index (χ0v) is 9.69. The van der Waals surface area contributed by atoms with E-state index < -0.39 is 0 Å². The maximum absolute atomic E-state index is 11.2. The van der Waals surface area contributed by atoms with Crippen LogP contribution in [-0.4, -0.2) is 23.3 Å². The number of rotatable bonds is 5. The Labute approximate surface area is 89.3 Å². The summed E-state index contributed by atoms with van der Waals surface area (Å²) in [5.74, 6) is 0.964. The molecule has 0 aliphatic rings. The van der Waals surface area contributed by atoms with E-state index in [4.69, 9.17) is 0 Å². The monoisotopic (exact) mass is 215 g/mol. The van der Waals surface area contributed by atoms with Crippen LogP contribution in [0, 0.1) is 5.92 Å². The van der Waals surface area contributed by atoms with Gasteiger partial charge in [0.1, 0.15) is 0 Å². The van der Waals surface area contributed by atoms with Gasteiger partial charge in [-0.3, -0.25) is 9.59 Å². The number of carbonyl (C=O) groups is 2. The maximum Gasteiger partial charge on any atom is 0.216 e. The zero-order chi connectivity index (χ0) is 11.0. The highest BCUT2D eigenvalue weighted by Crippen LogP contribution is 2.03. The second kappa shape index (κ2) is 7.62. The van der Waals surface area contributed by atoms with E-state index >= 15 is 0 Å². The number of amides is 1. The predicted octanol–water partition coefficient (Wildman–Crippen LogP) is 1.59. The first-order valence-corrected chi connectivity index (χ1v) is 5.60. The first-order chi connectivity index (χ1) is 6.52. The van der Waals surface area contributed by atoms with Gasteiger partial charge in [0.2, 0.25) is 11.0 Å². The van der Waals surface area contributed by atoms with Crippen molar-refractivity contribution in [3.8, 4) is 0 Å². The summed E-state index contributed by atoms with van der Waals surface area (Å²) in [5.41, 5.74) is 0. The lowest BCUT2D eigenvalue weighted by Gasteiger charge is -1.99. The molecular weight excluding hydrogens is 198 g/mol. The van der Waals surface area contributed by atoms with Crippen LogP contribution in [0.2, 0.25) is 0 Å². The molecule has 0 radical (unpaired) electrons. The van der Waals surface area contributed by atoms with E-state index in [1.807, 2.05) is 19.9 Å². The molecule has 0 bridgehead atoms. The Hall–Kier alpha value is -0.770. The average molecular weight is 215 g/mol. The van der Waals surface area contributed by atoms with Gasteiger partial charge in [-0.1, -0.05) is 31.7 Å².